The van der Waals surface area contributed by atoms with Gasteiger partial charge in [0.05, 0.1) is 11.0 Å². The molecule has 0 radical (unpaired) electrons. The Hall–Kier alpha value is -1.82. The Labute approximate surface area is 105 Å². The van der Waals surface area contributed by atoms with Crippen LogP contribution in [0.3, 0.4) is 0 Å². The molecule has 1 aliphatic rings. The van der Waals surface area contributed by atoms with Crippen LogP contribution in [0.25, 0.3) is 0 Å². The highest BCUT2D eigenvalue weighted by atomic mass is 16.6. The molecule has 18 heavy (non-hydrogen) atoms. The zero-order valence-electron chi connectivity index (χ0n) is 10.1. The molecule has 2 rings (SSSR count). The molecule has 1 aromatic carbocycles. The van der Waals surface area contributed by atoms with Crippen LogP contribution in [-0.4, -0.2) is 29.7 Å². The molecule has 0 saturated carbocycles. The van der Waals surface area contributed by atoms with Gasteiger partial charge in [-0.25, -0.2) is 0 Å². The van der Waals surface area contributed by atoms with Crippen LogP contribution in [0.2, 0.25) is 0 Å². The van der Waals surface area contributed by atoms with Gasteiger partial charge in [0, 0.05) is 6.54 Å². The van der Waals surface area contributed by atoms with Crippen molar-refractivity contribution in [3.63, 3.8) is 0 Å². The van der Waals surface area contributed by atoms with Gasteiger partial charge in [-0.3, -0.25) is 10.1 Å². The van der Waals surface area contributed by atoms with Crippen molar-refractivity contribution in [2.24, 2.45) is 5.92 Å². The lowest BCUT2D eigenvalue weighted by Crippen LogP contribution is -2.33. The first-order valence-electron chi connectivity index (χ1n) is 6.09. The lowest BCUT2D eigenvalue weighted by Gasteiger charge is -2.23. The fourth-order valence-corrected chi connectivity index (χ4v) is 2.17. The van der Waals surface area contributed by atoms with E-state index in [4.69, 9.17) is 0 Å². The predicted molar refractivity (Wildman–Crippen MR) is 68.8 cm³/mol. The summed E-state index contributed by atoms with van der Waals surface area (Å²) in [5.74, 6) is 0.402. The van der Waals surface area contributed by atoms with E-state index in [9.17, 15) is 15.2 Å². The third-order valence-electron chi connectivity index (χ3n) is 3.16. The van der Waals surface area contributed by atoms with E-state index in [-0.39, 0.29) is 11.4 Å². The molecule has 1 atom stereocenters. The van der Waals surface area contributed by atoms with Crippen molar-refractivity contribution >= 4 is 11.4 Å². The molecule has 98 valence electrons. The number of hydrogen-bond donors (Lipinski definition) is 3. The fourth-order valence-electron chi connectivity index (χ4n) is 2.17. The lowest BCUT2D eigenvalue weighted by molar-refractivity contribution is -0.384. The van der Waals surface area contributed by atoms with Crippen LogP contribution in [0, 0.1) is 16.0 Å². The van der Waals surface area contributed by atoms with Gasteiger partial charge in [-0.2, -0.15) is 0 Å². The first-order chi connectivity index (χ1) is 8.66. The monoisotopic (exact) mass is 251 g/mol. The van der Waals surface area contributed by atoms with Crippen molar-refractivity contribution in [1.82, 2.24) is 5.32 Å². The summed E-state index contributed by atoms with van der Waals surface area (Å²) in [4.78, 5) is 10.4. The quantitative estimate of drug-likeness (QED) is 0.431. The molecule has 3 N–H and O–H groups in total. The molecule has 0 spiro atoms. The second kappa shape index (κ2) is 5.68. The van der Waals surface area contributed by atoms with Crippen molar-refractivity contribution in [2.45, 2.75) is 12.8 Å². The van der Waals surface area contributed by atoms with Crippen molar-refractivity contribution in [2.75, 3.05) is 25.0 Å². The molecule has 1 aliphatic heterocycles. The Morgan fingerprint density at radius 3 is 3.06 bits per heavy atom. The second-order valence-corrected chi connectivity index (χ2v) is 4.55. The maximum absolute atomic E-state index is 10.9. The average molecular weight is 251 g/mol. The van der Waals surface area contributed by atoms with E-state index < -0.39 is 4.92 Å². The maximum Gasteiger partial charge on any atom is 0.296 e. The fraction of sp³-hybridized carbons (Fsp3) is 0.500. The Kier molecular flexibility index (Phi) is 3.99. The molecule has 6 nitrogen and oxygen atoms in total. The number of nitrogens with zero attached hydrogens (tertiary/aromatic N) is 1. The smallest absolute Gasteiger partial charge is 0.296 e. The molecular weight excluding hydrogens is 234 g/mol. The molecule has 0 bridgehead atoms. The molecule has 0 amide bonds. The molecular formula is C12H17N3O3. The Bertz CT molecular complexity index is 431. The maximum atomic E-state index is 10.9. The largest absolute Gasteiger partial charge is 0.508 e. The SMILES string of the molecule is O=[N+]([O-])c1cc(O)ccc1NCC1CCCNC1. The molecule has 6 heteroatoms. The number of rotatable bonds is 4. The minimum atomic E-state index is -0.485. The number of nitrogens with one attached hydrogen (secondary N) is 2. The highest BCUT2D eigenvalue weighted by Gasteiger charge is 2.17. The van der Waals surface area contributed by atoms with Crippen LogP contribution in [-0.2, 0) is 0 Å². The summed E-state index contributed by atoms with van der Waals surface area (Å²) >= 11 is 0. The molecule has 1 unspecified atom stereocenters. The normalized spacial score (nSPS) is 19.4. The van der Waals surface area contributed by atoms with E-state index >= 15 is 0 Å². The van der Waals surface area contributed by atoms with E-state index in [0.29, 0.717) is 18.2 Å². The van der Waals surface area contributed by atoms with Crippen LogP contribution in [0.5, 0.6) is 5.75 Å². The second-order valence-electron chi connectivity index (χ2n) is 4.55. The Morgan fingerprint density at radius 2 is 2.39 bits per heavy atom. The van der Waals surface area contributed by atoms with Gasteiger partial charge in [0.2, 0.25) is 0 Å². The zero-order chi connectivity index (χ0) is 13.0. The summed E-state index contributed by atoms with van der Waals surface area (Å²) in [6.45, 7) is 2.70. The van der Waals surface area contributed by atoms with Crippen LogP contribution >= 0.6 is 0 Å². The van der Waals surface area contributed by atoms with Crippen LogP contribution < -0.4 is 10.6 Å². The van der Waals surface area contributed by atoms with Gasteiger partial charge in [0.1, 0.15) is 11.4 Å². The van der Waals surface area contributed by atoms with Gasteiger partial charge >= 0.3 is 0 Å². The van der Waals surface area contributed by atoms with E-state index in [1.807, 2.05) is 0 Å². The third kappa shape index (κ3) is 3.10. The lowest BCUT2D eigenvalue weighted by atomic mass is 9.99. The third-order valence-corrected chi connectivity index (χ3v) is 3.16. The summed E-state index contributed by atoms with van der Waals surface area (Å²) < 4.78 is 0. The van der Waals surface area contributed by atoms with E-state index in [1.54, 1.807) is 6.07 Å². The number of hydrogen-bond acceptors (Lipinski definition) is 5. The summed E-state index contributed by atoms with van der Waals surface area (Å²) in [6.07, 6.45) is 2.27. The number of phenolic OH excluding ortho intramolecular Hbond substituents is 1. The van der Waals surface area contributed by atoms with E-state index in [0.717, 1.165) is 25.9 Å². The highest BCUT2D eigenvalue weighted by molar-refractivity contribution is 5.63. The number of nitro benzene ring substituents is 1. The summed E-state index contributed by atoms with van der Waals surface area (Å²) in [6, 6.07) is 4.17. The van der Waals surface area contributed by atoms with E-state index in [2.05, 4.69) is 10.6 Å². The number of benzene rings is 1. The van der Waals surface area contributed by atoms with Gasteiger partial charge in [0.15, 0.2) is 0 Å². The van der Waals surface area contributed by atoms with Crippen LogP contribution in [0.15, 0.2) is 18.2 Å². The minimum absolute atomic E-state index is 0.0845. The Morgan fingerprint density at radius 1 is 1.56 bits per heavy atom. The van der Waals surface area contributed by atoms with Gasteiger partial charge in [0.25, 0.3) is 5.69 Å². The van der Waals surface area contributed by atoms with Crippen LogP contribution in [0.1, 0.15) is 12.8 Å². The first-order valence-corrected chi connectivity index (χ1v) is 6.09. The van der Waals surface area contributed by atoms with Gasteiger partial charge < -0.3 is 15.7 Å². The van der Waals surface area contributed by atoms with Crippen molar-refractivity contribution in [1.29, 1.82) is 0 Å². The summed E-state index contributed by atoms with van der Waals surface area (Å²) in [5, 5.41) is 26.5. The topological polar surface area (TPSA) is 87.4 Å². The van der Waals surface area contributed by atoms with Gasteiger partial charge in [-0.15, -0.1) is 0 Å². The molecule has 1 aromatic rings. The average Bonchev–Trinajstić information content (AvgIpc) is 2.38. The molecule has 1 saturated heterocycles. The van der Waals surface area contributed by atoms with Crippen molar-refractivity contribution in [3.05, 3.63) is 28.3 Å². The minimum Gasteiger partial charge on any atom is -0.508 e. The standard InChI is InChI=1S/C12H17N3O3/c16-10-3-4-11(12(6-10)15(17)18)14-8-9-2-1-5-13-7-9/h3-4,6,9,13-14,16H,1-2,5,7-8H2. The molecule has 0 aromatic heterocycles. The highest BCUT2D eigenvalue weighted by Crippen LogP contribution is 2.28. The van der Waals surface area contributed by atoms with Crippen LogP contribution in [0.4, 0.5) is 11.4 Å². The van der Waals surface area contributed by atoms with Crippen molar-refractivity contribution < 1.29 is 10.0 Å². The zero-order valence-corrected chi connectivity index (χ0v) is 10.1. The van der Waals surface area contributed by atoms with Crippen molar-refractivity contribution in [3.8, 4) is 5.75 Å². The number of nitro groups is 1. The van der Waals surface area contributed by atoms with Gasteiger partial charge in [-0.05, 0) is 44.0 Å². The summed E-state index contributed by atoms with van der Waals surface area (Å²) in [5.41, 5.74) is 0.377. The molecule has 1 heterocycles. The van der Waals surface area contributed by atoms with E-state index in [1.165, 1.54) is 12.1 Å². The predicted octanol–water partition coefficient (Wildman–Crippen LogP) is 1.71. The number of piperidine rings is 1. The Balaban J connectivity index is 2.01. The number of phenols is 1. The molecule has 1 fully saturated rings. The van der Waals surface area contributed by atoms with Gasteiger partial charge in [-0.1, -0.05) is 0 Å². The number of aromatic hydroxyl groups is 1. The first kappa shape index (κ1) is 12.6. The number of anilines is 1. The summed E-state index contributed by atoms with van der Waals surface area (Å²) in [7, 11) is 0. The molecule has 0 aliphatic carbocycles.